The fourth-order valence-electron chi connectivity index (χ4n) is 1.80. The molecule has 0 bridgehead atoms. The van der Waals surface area contributed by atoms with Crippen molar-refractivity contribution in [1.29, 1.82) is 0 Å². The second kappa shape index (κ2) is 7.08. The molecule has 0 atom stereocenters. The molecular formula is C14H11BF2N2O4. The molecule has 23 heavy (non-hydrogen) atoms. The molecule has 9 heteroatoms. The van der Waals surface area contributed by atoms with Gasteiger partial charge in [0.05, 0.1) is 18.4 Å². The smallest absolute Gasteiger partial charge is 0.465 e. The molecule has 0 saturated heterocycles. The van der Waals surface area contributed by atoms with Crippen LogP contribution in [0.2, 0.25) is 0 Å². The van der Waals surface area contributed by atoms with Gasteiger partial charge in [0.2, 0.25) is 0 Å². The molecule has 2 aromatic rings. The van der Waals surface area contributed by atoms with Crippen LogP contribution in [0.4, 0.5) is 20.2 Å². The highest BCUT2D eigenvalue weighted by Gasteiger charge is 2.17. The molecule has 0 unspecified atom stereocenters. The Morgan fingerprint density at radius 1 is 1.13 bits per heavy atom. The molecule has 0 heterocycles. The van der Waals surface area contributed by atoms with Crippen LogP contribution in [-0.4, -0.2) is 30.2 Å². The molecule has 2 rings (SSSR count). The standard InChI is InChI=1S/C14H11BF2N2O4/c1-23-14(20)8-6-10(16)13(11(17)7-8)19-18-12-5-3-2-4-9(12)15(21)22/h2-7,21-22H,1H3. The summed E-state index contributed by atoms with van der Waals surface area (Å²) in [5, 5.41) is 25.4. The average Bonchev–Trinajstić information content (AvgIpc) is 2.53. The predicted molar refractivity (Wildman–Crippen MR) is 78.1 cm³/mol. The summed E-state index contributed by atoms with van der Waals surface area (Å²) in [6.07, 6.45) is 0. The minimum absolute atomic E-state index is 0.0308. The molecule has 2 N–H and O–H groups in total. The molecule has 0 aliphatic rings. The zero-order chi connectivity index (χ0) is 17.0. The van der Waals surface area contributed by atoms with E-state index in [-0.39, 0.29) is 16.7 Å². The first kappa shape index (κ1) is 16.7. The molecule has 0 amide bonds. The van der Waals surface area contributed by atoms with Gasteiger partial charge < -0.3 is 14.8 Å². The molecule has 118 valence electrons. The zero-order valence-electron chi connectivity index (χ0n) is 11.9. The number of nitrogens with zero attached hydrogens (tertiary/aromatic N) is 2. The van der Waals surface area contributed by atoms with Gasteiger partial charge in [-0.05, 0) is 18.2 Å². The van der Waals surface area contributed by atoms with E-state index in [2.05, 4.69) is 15.0 Å². The van der Waals surface area contributed by atoms with Crippen LogP contribution in [0.3, 0.4) is 0 Å². The highest BCUT2D eigenvalue weighted by molar-refractivity contribution is 6.60. The molecule has 0 radical (unpaired) electrons. The number of carbonyl (C=O) groups is 1. The van der Waals surface area contributed by atoms with E-state index < -0.39 is 30.4 Å². The van der Waals surface area contributed by atoms with Crippen molar-refractivity contribution in [2.45, 2.75) is 0 Å². The van der Waals surface area contributed by atoms with Crippen molar-refractivity contribution in [3.63, 3.8) is 0 Å². The normalized spacial score (nSPS) is 10.8. The summed E-state index contributed by atoms with van der Waals surface area (Å²) in [5.41, 5.74) is -0.936. The molecule has 0 aliphatic heterocycles. The van der Waals surface area contributed by atoms with Gasteiger partial charge in [0, 0.05) is 5.46 Å². The molecule has 0 fully saturated rings. The maximum absolute atomic E-state index is 13.9. The number of rotatable bonds is 4. The van der Waals surface area contributed by atoms with Crippen molar-refractivity contribution in [2.75, 3.05) is 7.11 Å². The fraction of sp³-hybridized carbons (Fsp3) is 0.0714. The Hall–Kier alpha value is -2.65. The van der Waals surface area contributed by atoms with Crippen LogP contribution in [0.25, 0.3) is 0 Å². The van der Waals surface area contributed by atoms with Gasteiger partial charge in [-0.25, -0.2) is 13.6 Å². The number of halogens is 2. The summed E-state index contributed by atoms with van der Waals surface area (Å²) in [6.45, 7) is 0. The molecule has 0 spiro atoms. The Bertz CT molecular complexity index is 745. The summed E-state index contributed by atoms with van der Waals surface area (Å²) in [5.74, 6) is -3.09. The quantitative estimate of drug-likeness (QED) is 0.511. The van der Waals surface area contributed by atoms with Crippen molar-refractivity contribution in [1.82, 2.24) is 0 Å². The van der Waals surface area contributed by atoms with Gasteiger partial charge in [0.25, 0.3) is 0 Å². The lowest BCUT2D eigenvalue weighted by Gasteiger charge is -2.04. The summed E-state index contributed by atoms with van der Waals surface area (Å²) in [7, 11) is -0.718. The number of benzene rings is 2. The number of hydrogen-bond donors (Lipinski definition) is 2. The molecular weight excluding hydrogens is 309 g/mol. The first-order chi connectivity index (χ1) is 10.9. The Morgan fingerprint density at radius 3 is 2.30 bits per heavy atom. The van der Waals surface area contributed by atoms with E-state index in [9.17, 15) is 23.6 Å². The van der Waals surface area contributed by atoms with Crippen LogP contribution in [-0.2, 0) is 4.74 Å². The van der Waals surface area contributed by atoms with Crippen LogP contribution >= 0.6 is 0 Å². The summed E-state index contributed by atoms with van der Waals surface area (Å²) < 4.78 is 32.1. The Morgan fingerprint density at radius 2 is 1.74 bits per heavy atom. The third-order valence-corrected chi connectivity index (χ3v) is 2.91. The molecule has 2 aromatic carbocycles. The average molecular weight is 320 g/mol. The first-order valence-corrected chi connectivity index (χ1v) is 6.38. The lowest BCUT2D eigenvalue weighted by Crippen LogP contribution is -2.29. The highest BCUT2D eigenvalue weighted by atomic mass is 19.1. The highest BCUT2D eigenvalue weighted by Crippen LogP contribution is 2.26. The number of ether oxygens (including phenoxy) is 1. The summed E-state index contributed by atoms with van der Waals surface area (Å²) in [4.78, 5) is 11.3. The lowest BCUT2D eigenvalue weighted by atomic mass is 9.79. The number of methoxy groups -OCH3 is 1. The molecule has 0 aliphatic carbocycles. The minimum Gasteiger partial charge on any atom is -0.465 e. The van der Waals surface area contributed by atoms with Crippen LogP contribution in [0, 0.1) is 11.6 Å². The summed E-state index contributed by atoms with van der Waals surface area (Å²) in [6, 6.07) is 7.42. The topological polar surface area (TPSA) is 91.5 Å². The van der Waals surface area contributed by atoms with Gasteiger partial charge in [0.15, 0.2) is 17.3 Å². The zero-order valence-corrected chi connectivity index (χ0v) is 11.9. The fourth-order valence-corrected chi connectivity index (χ4v) is 1.80. The van der Waals surface area contributed by atoms with Crippen molar-refractivity contribution in [2.24, 2.45) is 10.2 Å². The Kier molecular flexibility index (Phi) is 5.14. The van der Waals surface area contributed by atoms with Crippen LogP contribution in [0.5, 0.6) is 0 Å². The monoisotopic (exact) mass is 320 g/mol. The van der Waals surface area contributed by atoms with Gasteiger partial charge in [0.1, 0.15) is 0 Å². The lowest BCUT2D eigenvalue weighted by molar-refractivity contribution is 0.0599. The molecule has 0 saturated carbocycles. The van der Waals surface area contributed by atoms with Gasteiger partial charge in [-0.1, -0.05) is 18.2 Å². The number of hydrogen-bond acceptors (Lipinski definition) is 6. The second-order valence-corrected chi connectivity index (χ2v) is 4.41. The van der Waals surface area contributed by atoms with Gasteiger partial charge in [-0.3, -0.25) is 0 Å². The van der Waals surface area contributed by atoms with Crippen LogP contribution in [0.15, 0.2) is 46.6 Å². The van der Waals surface area contributed by atoms with Gasteiger partial charge >= 0.3 is 13.1 Å². The van der Waals surface area contributed by atoms with E-state index >= 15 is 0 Å². The molecule has 6 nitrogen and oxygen atoms in total. The van der Waals surface area contributed by atoms with Crippen LogP contribution in [0.1, 0.15) is 10.4 Å². The maximum atomic E-state index is 13.9. The SMILES string of the molecule is COC(=O)c1cc(F)c(N=Nc2ccccc2B(O)O)c(F)c1. The van der Waals surface area contributed by atoms with E-state index in [0.717, 1.165) is 19.2 Å². The van der Waals surface area contributed by atoms with Crippen LogP contribution < -0.4 is 5.46 Å². The Labute approximate surface area is 130 Å². The number of azo groups is 1. The van der Waals surface area contributed by atoms with E-state index in [1.165, 1.54) is 12.1 Å². The van der Waals surface area contributed by atoms with E-state index in [0.29, 0.717) is 0 Å². The van der Waals surface area contributed by atoms with E-state index in [4.69, 9.17) is 0 Å². The Balaban J connectivity index is 2.39. The largest absolute Gasteiger partial charge is 0.490 e. The van der Waals surface area contributed by atoms with Gasteiger partial charge in [-0.15, -0.1) is 5.11 Å². The first-order valence-electron chi connectivity index (χ1n) is 6.38. The summed E-state index contributed by atoms with van der Waals surface area (Å²) >= 11 is 0. The minimum atomic E-state index is -1.80. The number of carbonyl (C=O) groups excluding carboxylic acids is 1. The van der Waals surface area contributed by atoms with E-state index in [1.54, 1.807) is 12.1 Å². The van der Waals surface area contributed by atoms with Crippen molar-refractivity contribution < 1.29 is 28.4 Å². The third kappa shape index (κ3) is 3.76. The second-order valence-electron chi connectivity index (χ2n) is 4.41. The van der Waals surface area contributed by atoms with Crippen molar-refractivity contribution in [3.8, 4) is 0 Å². The number of esters is 1. The van der Waals surface area contributed by atoms with E-state index in [1.807, 2.05) is 0 Å². The van der Waals surface area contributed by atoms with Crippen molar-refractivity contribution >= 4 is 29.9 Å². The van der Waals surface area contributed by atoms with Gasteiger partial charge in [-0.2, -0.15) is 5.11 Å². The molecule has 0 aromatic heterocycles. The third-order valence-electron chi connectivity index (χ3n) is 2.91. The van der Waals surface area contributed by atoms with Crippen molar-refractivity contribution in [3.05, 3.63) is 53.6 Å². The predicted octanol–water partition coefficient (Wildman–Crippen LogP) is 1.85. The maximum Gasteiger partial charge on any atom is 0.490 e.